The van der Waals surface area contributed by atoms with E-state index in [2.05, 4.69) is 26.2 Å². The molecule has 1 heterocycles. The second-order valence-corrected chi connectivity index (χ2v) is 4.99. The SMILES string of the molecule is Fc1cc(Cl)cc(Nc2ncc(Cl)cc2Br)c1. The van der Waals surface area contributed by atoms with E-state index in [9.17, 15) is 4.39 Å². The molecule has 2 nitrogen and oxygen atoms in total. The smallest absolute Gasteiger partial charge is 0.144 e. The Kier molecular flexibility index (Phi) is 3.86. The van der Waals surface area contributed by atoms with E-state index in [1.54, 1.807) is 12.1 Å². The van der Waals surface area contributed by atoms with Crippen LogP contribution in [-0.2, 0) is 0 Å². The van der Waals surface area contributed by atoms with Crippen LogP contribution in [0.25, 0.3) is 0 Å². The highest BCUT2D eigenvalue weighted by Gasteiger charge is 2.05. The van der Waals surface area contributed by atoms with Crippen molar-refractivity contribution in [3.8, 4) is 0 Å². The minimum Gasteiger partial charge on any atom is -0.339 e. The van der Waals surface area contributed by atoms with Crippen molar-refractivity contribution in [2.45, 2.75) is 0 Å². The molecule has 0 fully saturated rings. The fraction of sp³-hybridized carbons (Fsp3) is 0. The molecule has 1 aromatic carbocycles. The van der Waals surface area contributed by atoms with Gasteiger partial charge in [0.15, 0.2) is 0 Å². The van der Waals surface area contributed by atoms with Gasteiger partial charge < -0.3 is 5.32 Å². The van der Waals surface area contributed by atoms with Crippen LogP contribution in [0.2, 0.25) is 10.0 Å². The molecular formula is C11H6BrCl2FN2. The molecule has 0 aliphatic carbocycles. The average molecular weight is 336 g/mol. The molecule has 1 N–H and O–H groups in total. The van der Waals surface area contributed by atoms with Gasteiger partial charge in [-0.25, -0.2) is 9.37 Å². The Hall–Kier alpha value is -0.840. The van der Waals surface area contributed by atoms with E-state index in [-0.39, 0.29) is 0 Å². The molecule has 0 radical (unpaired) electrons. The van der Waals surface area contributed by atoms with Gasteiger partial charge in [-0.05, 0) is 40.2 Å². The van der Waals surface area contributed by atoms with Crippen LogP contribution >= 0.6 is 39.1 Å². The number of nitrogens with zero attached hydrogens (tertiary/aromatic N) is 1. The monoisotopic (exact) mass is 334 g/mol. The first-order chi connectivity index (χ1) is 8.04. The predicted molar refractivity (Wildman–Crippen MR) is 71.6 cm³/mol. The maximum absolute atomic E-state index is 13.1. The summed E-state index contributed by atoms with van der Waals surface area (Å²) in [6.45, 7) is 0. The minimum atomic E-state index is -0.412. The van der Waals surface area contributed by atoms with Crippen molar-refractivity contribution in [3.05, 3.63) is 50.8 Å². The summed E-state index contributed by atoms with van der Waals surface area (Å²) in [6, 6.07) is 5.86. The lowest BCUT2D eigenvalue weighted by Crippen LogP contribution is -1.95. The highest BCUT2D eigenvalue weighted by atomic mass is 79.9. The Balaban J connectivity index is 2.31. The molecular weight excluding hydrogens is 330 g/mol. The van der Waals surface area contributed by atoms with Crippen LogP contribution in [0, 0.1) is 5.82 Å². The minimum absolute atomic E-state index is 0.317. The molecule has 0 saturated heterocycles. The second-order valence-electron chi connectivity index (χ2n) is 3.27. The van der Waals surface area contributed by atoms with Gasteiger partial charge in [0, 0.05) is 16.9 Å². The Labute approximate surface area is 116 Å². The molecule has 0 spiro atoms. The van der Waals surface area contributed by atoms with E-state index in [0.29, 0.717) is 26.0 Å². The van der Waals surface area contributed by atoms with Gasteiger partial charge >= 0.3 is 0 Å². The Morgan fingerprint density at radius 2 is 1.88 bits per heavy atom. The molecule has 0 bridgehead atoms. The van der Waals surface area contributed by atoms with Crippen molar-refractivity contribution in [1.29, 1.82) is 0 Å². The Morgan fingerprint density at radius 1 is 1.12 bits per heavy atom. The molecule has 0 saturated carbocycles. The lowest BCUT2D eigenvalue weighted by molar-refractivity contribution is 0.628. The standard InChI is InChI=1S/C11H6BrCl2FN2/c12-10-3-7(14)5-16-11(10)17-9-2-6(13)1-8(15)4-9/h1-5H,(H,16,17). The summed E-state index contributed by atoms with van der Waals surface area (Å²) < 4.78 is 13.8. The first-order valence-corrected chi connectivity index (χ1v) is 6.13. The highest BCUT2D eigenvalue weighted by Crippen LogP contribution is 2.27. The van der Waals surface area contributed by atoms with Crippen molar-refractivity contribution < 1.29 is 4.39 Å². The molecule has 2 rings (SSSR count). The fourth-order valence-electron chi connectivity index (χ4n) is 1.27. The third kappa shape index (κ3) is 3.31. The fourth-order valence-corrected chi connectivity index (χ4v) is 2.23. The number of aromatic nitrogens is 1. The molecule has 2 aromatic rings. The van der Waals surface area contributed by atoms with Crippen molar-refractivity contribution in [3.63, 3.8) is 0 Å². The van der Waals surface area contributed by atoms with Gasteiger partial charge in [0.25, 0.3) is 0 Å². The molecule has 0 atom stereocenters. The third-order valence-electron chi connectivity index (χ3n) is 1.93. The first-order valence-electron chi connectivity index (χ1n) is 4.59. The summed E-state index contributed by atoms with van der Waals surface area (Å²) in [6.07, 6.45) is 1.50. The largest absolute Gasteiger partial charge is 0.339 e. The number of rotatable bonds is 2. The number of anilines is 2. The van der Waals surface area contributed by atoms with Gasteiger partial charge in [0.05, 0.1) is 9.50 Å². The molecule has 0 aliphatic rings. The number of hydrogen-bond donors (Lipinski definition) is 1. The summed E-state index contributed by atoms with van der Waals surface area (Å²) in [5, 5.41) is 3.77. The number of nitrogens with one attached hydrogen (secondary N) is 1. The summed E-state index contributed by atoms with van der Waals surface area (Å²) in [7, 11) is 0. The Bertz CT molecular complexity index is 543. The maximum Gasteiger partial charge on any atom is 0.144 e. The predicted octanol–water partition coefficient (Wildman–Crippen LogP) is 5.03. The number of pyridine rings is 1. The Morgan fingerprint density at radius 3 is 2.53 bits per heavy atom. The van der Waals surface area contributed by atoms with Gasteiger partial charge in [-0.15, -0.1) is 0 Å². The van der Waals surface area contributed by atoms with E-state index in [1.807, 2.05) is 0 Å². The van der Waals surface area contributed by atoms with Crippen molar-refractivity contribution in [2.75, 3.05) is 5.32 Å². The quantitative estimate of drug-likeness (QED) is 0.832. The molecule has 0 amide bonds. The number of benzene rings is 1. The topological polar surface area (TPSA) is 24.9 Å². The molecule has 6 heteroatoms. The zero-order valence-electron chi connectivity index (χ0n) is 8.35. The maximum atomic E-state index is 13.1. The summed E-state index contributed by atoms with van der Waals surface area (Å²) in [5.74, 6) is 0.126. The van der Waals surface area contributed by atoms with Crippen LogP contribution in [0.3, 0.4) is 0 Å². The number of halogens is 4. The van der Waals surface area contributed by atoms with Crippen LogP contribution in [0.15, 0.2) is 34.9 Å². The van der Waals surface area contributed by atoms with Crippen molar-refractivity contribution >= 4 is 50.6 Å². The van der Waals surface area contributed by atoms with Gasteiger partial charge in [-0.3, -0.25) is 0 Å². The first kappa shape index (κ1) is 12.6. The van der Waals surface area contributed by atoms with Gasteiger partial charge in [0.2, 0.25) is 0 Å². The molecule has 17 heavy (non-hydrogen) atoms. The van der Waals surface area contributed by atoms with E-state index in [1.165, 1.54) is 18.3 Å². The van der Waals surface area contributed by atoms with Crippen molar-refractivity contribution in [2.24, 2.45) is 0 Å². The van der Waals surface area contributed by atoms with Crippen LogP contribution in [0.4, 0.5) is 15.9 Å². The number of hydrogen-bond acceptors (Lipinski definition) is 2. The molecule has 0 unspecified atom stereocenters. The summed E-state index contributed by atoms with van der Waals surface area (Å²) >= 11 is 14.8. The molecule has 88 valence electrons. The van der Waals surface area contributed by atoms with Crippen molar-refractivity contribution in [1.82, 2.24) is 4.98 Å². The normalized spacial score (nSPS) is 10.4. The van der Waals surface area contributed by atoms with Crippen LogP contribution in [-0.4, -0.2) is 4.98 Å². The van der Waals surface area contributed by atoms with Gasteiger partial charge in [-0.1, -0.05) is 23.2 Å². The van der Waals surface area contributed by atoms with Crippen LogP contribution < -0.4 is 5.32 Å². The lowest BCUT2D eigenvalue weighted by atomic mass is 10.3. The highest BCUT2D eigenvalue weighted by molar-refractivity contribution is 9.10. The molecule has 1 aromatic heterocycles. The average Bonchev–Trinajstić information content (AvgIpc) is 2.21. The molecule has 0 aliphatic heterocycles. The second kappa shape index (κ2) is 5.21. The van der Waals surface area contributed by atoms with Gasteiger partial charge in [0.1, 0.15) is 11.6 Å². The summed E-state index contributed by atoms with van der Waals surface area (Å²) in [4.78, 5) is 4.08. The zero-order chi connectivity index (χ0) is 12.4. The third-order valence-corrected chi connectivity index (χ3v) is 2.96. The van der Waals surface area contributed by atoms with Gasteiger partial charge in [-0.2, -0.15) is 0 Å². The van der Waals surface area contributed by atoms with E-state index >= 15 is 0 Å². The van der Waals surface area contributed by atoms with Crippen LogP contribution in [0.5, 0.6) is 0 Å². The summed E-state index contributed by atoms with van der Waals surface area (Å²) in [5.41, 5.74) is 0.519. The lowest BCUT2D eigenvalue weighted by Gasteiger charge is -2.08. The van der Waals surface area contributed by atoms with Crippen LogP contribution in [0.1, 0.15) is 0 Å². The van der Waals surface area contributed by atoms with E-state index < -0.39 is 5.82 Å². The van der Waals surface area contributed by atoms with E-state index in [0.717, 1.165) is 0 Å². The zero-order valence-corrected chi connectivity index (χ0v) is 11.4. The van der Waals surface area contributed by atoms with E-state index in [4.69, 9.17) is 23.2 Å².